The lowest BCUT2D eigenvalue weighted by molar-refractivity contribution is 0.0962. The summed E-state index contributed by atoms with van der Waals surface area (Å²) >= 11 is 0. The van der Waals surface area contributed by atoms with Crippen molar-refractivity contribution in [3.63, 3.8) is 0 Å². The molecule has 1 atom stereocenters. The summed E-state index contributed by atoms with van der Waals surface area (Å²) in [5.41, 5.74) is 13.8. The monoisotopic (exact) mass is 263 g/mol. The molecule has 1 fully saturated rings. The maximum absolute atomic E-state index is 5.68. The summed E-state index contributed by atoms with van der Waals surface area (Å²) < 4.78 is 7.94. The summed E-state index contributed by atoms with van der Waals surface area (Å²) in [5, 5.41) is 7.47. The highest BCUT2D eigenvalue weighted by Crippen LogP contribution is 2.19. The van der Waals surface area contributed by atoms with Crippen LogP contribution >= 0.6 is 0 Å². The second-order valence-corrected chi connectivity index (χ2v) is 4.84. The average Bonchev–Trinajstić information content (AvgIpc) is 2.93. The van der Waals surface area contributed by atoms with Gasteiger partial charge in [0.25, 0.3) is 0 Å². The standard InChI is InChI=1S/C13H21N5O/c1-9-6-11(7-16-17-13(14)15)10(2)18(9)8-12-4-3-5-19-12/h6-7,12H,3-5,8H2,1-2H3,(H4,14,15,17)/b16-7+/t12-/m1/s1. The minimum atomic E-state index is -0.0376. The van der Waals surface area contributed by atoms with Crippen LogP contribution in [0.4, 0.5) is 0 Å². The number of aryl methyl sites for hydroxylation is 1. The molecule has 1 saturated heterocycles. The summed E-state index contributed by atoms with van der Waals surface area (Å²) in [6, 6.07) is 2.08. The molecule has 4 N–H and O–H groups in total. The Labute approximate surface area is 113 Å². The van der Waals surface area contributed by atoms with Crippen LogP contribution in [0.3, 0.4) is 0 Å². The van der Waals surface area contributed by atoms with Crippen LogP contribution in [-0.2, 0) is 11.3 Å². The molecule has 0 aliphatic carbocycles. The molecular formula is C13H21N5O. The van der Waals surface area contributed by atoms with Crippen LogP contribution in [0, 0.1) is 13.8 Å². The molecule has 0 spiro atoms. The number of guanidine groups is 1. The number of rotatable bonds is 4. The maximum Gasteiger partial charge on any atom is 0.211 e. The van der Waals surface area contributed by atoms with Crippen molar-refractivity contribution in [1.82, 2.24) is 4.57 Å². The summed E-state index contributed by atoms with van der Waals surface area (Å²) in [4.78, 5) is 0. The van der Waals surface area contributed by atoms with E-state index in [1.54, 1.807) is 6.21 Å². The van der Waals surface area contributed by atoms with Crippen LogP contribution in [0.1, 0.15) is 29.8 Å². The predicted octanol–water partition coefficient (Wildman–Crippen LogP) is 0.891. The van der Waals surface area contributed by atoms with E-state index in [2.05, 4.69) is 34.7 Å². The fourth-order valence-corrected chi connectivity index (χ4v) is 2.39. The molecule has 0 radical (unpaired) electrons. The van der Waals surface area contributed by atoms with Gasteiger partial charge in [-0.2, -0.15) is 5.10 Å². The first-order valence-electron chi connectivity index (χ1n) is 6.48. The normalized spacial score (nSPS) is 19.2. The zero-order valence-corrected chi connectivity index (χ0v) is 11.5. The van der Waals surface area contributed by atoms with E-state index in [0.717, 1.165) is 37.3 Å². The molecule has 6 nitrogen and oxygen atoms in total. The number of ether oxygens (including phenoxy) is 1. The second-order valence-electron chi connectivity index (χ2n) is 4.84. The Balaban J connectivity index is 2.14. The van der Waals surface area contributed by atoms with Gasteiger partial charge in [-0.15, -0.1) is 5.10 Å². The van der Waals surface area contributed by atoms with E-state index in [4.69, 9.17) is 16.2 Å². The van der Waals surface area contributed by atoms with Crippen LogP contribution in [0.15, 0.2) is 16.3 Å². The molecule has 2 heterocycles. The van der Waals surface area contributed by atoms with Crippen LogP contribution < -0.4 is 11.5 Å². The zero-order valence-electron chi connectivity index (χ0n) is 11.5. The summed E-state index contributed by atoms with van der Waals surface area (Å²) in [6.07, 6.45) is 4.29. The molecule has 1 aliphatic rings. The van der Waals surface area contributed by atoms with Gasteiger partial charge in [0.15, 0.2) is 0 Å². The fourth-order valence-electron chi connectivity index (χ4n) is 2.39. The van der Waals surface area contributed by atoms with Gasteiger partial charge in [-0.3, -0.25) is 0 Å². The van der Waals surface area contributed by atoms with Gasteiger partial charge < -0.3 is 20.8 Å². The van der Waals surface area contributed by atoms with Gasteiger partial charge >= 0.3 is 0 Å². The molecule has 0 bridgehead atoms. The molecule has 1 aromatic rings. The SMILES string of the molecule is Cc1cc(/C=N/N=C(N)N)c(C)n1C[C@H]1CCCO1. The van der Waals surface area contributed by atoms with Gasteiger partial charge in [-0.25, -0.2) is 0 Å². The lowest BCUT2D eigenvalue weighted by atomic mass is 10.2. The molecule has 1 aromatic heterocycles. The molecule has 0 aromatic carbocycles. The Morgan fingerprint density at radius 3 is 2.95 bits per heavy atom. The number of hydrogen-bond acceptors (Lipinski definition) is 3. The van der Waals surface area contributed by atoms with E-state index in [0.29, 0.717) is 6.10 Å². The van der Waals surface area contributed by atoms with Crippen molar-refractivity contribution in [2.45, 2.75) is 39.3 Å². The molecule has 6 heteroatoms. The van der Waals surface area contributed by atoms with E-state index >= 15 is 0 Å². The van der Waals surface area contributed by atoms with Crippen molar-refractivity contribution in [3.8, 4) is 0 Å². The number of nitrogens with two attached hydrogens (primary N) is 2. The zero-order chi connectivity index (χ0) is 13.8. The topological polar surface area (TPSA) is 90.9 Å². The summed E-state index contributed by atoms with van der Waals surface area (Å²) in [7, 11) is 0. The fraction of sp³-hybridized carbons (Fsp3) is 0.538. The van der Waals surface area contributed by atoms with Gasteiger partial charge in [0.05, 0.1) is 12.3 Å². The van der Waals surface area contributed by atoms with Crippen LogP contribution in [0.25, 0.3) is 0 Å². The molecular weight excluding hydrogens is 242 g/mol. The molecule has 0 amide bonds. The van der Waals surface area contributed by atoms with Gasteiger partial charge in [0, 0.05) is 30.1 Å². The van der Waals surface area contributed by atoms with Crippen molar-refractivity contribution in [2.75, 3.05) is 6.61 Å². The van der Waals surface area contributed by atoms with Crippen molar-refractivity contribution < 1.29 is 4.74 Å². The van der Waals surface area contributed by atoms with Crippen LogP contribution in [0.2, 0.25) is 0 Å². The third-order valence-corrected chi connectivity index (χ3v) is 3.39. The van der Waals surface area contributed by atoms with Gasteiger partial charge in [-0.05, 0) is 32.8 Å². The molecule has 2 rings (SSSR count). The highest BCUT2D eigenvalue weighted by atomic mass is 16.5. The first-order chi connectivity index (χ1) is 9.08. The first-order valence-corrected chi connectivity index (χ1v) is 6.48. The maximum atomic E-state index is 5.68. The lowest BCUT2D eigenvalue weighted by Crippen LogP contribution is -2.21. The van der Waals surface area contributed by atoms with E-state index in [1.807, 2.05) is 0 Å². The van der Waals surface area contributed by atoms with E-state index in [-0.39, 0.29) is 5.96 Å². The number of aromatic nitrogens is 1. The van der Waals surface area contributed by atoms with Gasteiger partial charge in [-0.1, -0.05) is 0 Å². The molecule has 19 heavy (non-hydrogen) atoms. The Kier molecular flexibility index (Phi) is 4.21. The third-order valence-electron chi connectivity index (χ3n) is 3.39. The van der Waals surface area contributed by atoms with Gasteiger partial charge in [0.1, 0.15) is 0 Å². The Morgan fingerprint density at radius 1 is 1.53 bits per heavy atom. The Bertz CT molecular complexity index is 493. The Hall–Kier alpha value is -1.82. The molecule has 0 saturated carbocycles. The van der Waals surface area contributed by atoms with Crippen LogP contribution in [-0.4, -0.2) is 29.5 Å². The van der Waals surface area contributed by atoms with Gasteiger partial charge in [0.2, 0.25) is 5.96 Å². The molecule has 1 aliphatic heterocycles. The highest BCUT2D eigenvalue weighted by molar-refractivity contribution is 5.83. The first kappa shape index (κ1) is 13.6. The molecule has 0 unspecified atom stereocenters. The quantitative estimate of drug-likeness (QED) is 0.480. The largest absolute Gasteiger partial charge is 0.376 e. The highest BCUT2D eigenvalue weighted by Gasteiger charge is 2.18. The number of hydrogen-bond donors (Lipinski definition) is 2. The minimum absolute atomic E-state index is 0.0376. The second kappa shape index (κ2) is 5.88. The van der Waals surface area contributed by atoms with Crippen molar-refractivity contribution in [2.24, 2.45) is 21.7 Å². The molecule has 104 valence electrons. The van der Waals surface area contributed by atoms with Crippen molar-refractivity contribution in [3.05, 3.63) is 23.0 Å². The van der Waals surface area contributed by atoms with Crippen LogP contribution in [0.5, 0.6) is 0 Å². The average molecular weight is 263 g/mol. The summed E-state index contributed by atoms with van der Waals surface area (Å²) in [6.45, 7) is 5.93. The van der Waals surface area contributed by atoms with E-state index in [1.165, 1.54) is 5.69 Å². The van der Waals surface area contributed by atoms with E-state index in [9.17, 15) is 0 Å². The minimum Gasteiger partial charge on any atom is -0.376 e. The smallest absolute Gasteiger partial charge is 0.211 e. The van der Waals surface area contributed by atoms with Crippen molar-refractivity contribution in [1.29, 1.82) is 0 Å². The number of nitrogens with zero attached hydrogens (tertiary/aromatic N) is 3. The van der Waals surface area contributed by atoms with Crippen molar-refractivity contribution >= 4 is 12.2 Å². The lowest BCUT2D eigenvalue weighted by Gasteiger charge is -2.14. The van der Waals surface area contributed by atoms with E-state index < -0.39 is 0 Å². The Morgan fingerprint density at radius 2 is 2.32 bits per heavy atom. The summed E-state index contributed by atoms with van der Waals surface area (Å²) in [5.74, 6) is -0.0376. The predicted molar refractivity (Wildman–Crippen MR) is 76.3 cm³/mol. The third kappa shape index (κ3) is 3.35.